The van der Waals surface area contributed by atoms with E-state index in [4.69, 9.17) is 4.74 Å². The minimum absolute atomic E-state index is 0.0847. The van der Waals surface area contributed by atoms with Crippen LogP contribution in [-0.4, -0.2) is 25.9 Å². The molecule has 1 atom stereocenters. The van der Waals surface area contributed by atoms with E-state index in [1.165, 1.54) is 11.8 Å². The first-order chi connectivity index (χ1) is 16.7. The number of carbonyl (C=O) groups excluding carboxylic acids is 1. The SMILES string of the molecule is CC(Sc1nnc(C2CC2)n1-c1ccccc1)C(=O)Nc1ccc(OCc2ccccc2)cc1. The van der Waals surface area contributed by atoms with Gasteiger partial charge in [-0.2, -0.15) is 0 Å². The molecule has 1 unspecified atom stereocenters. The highest BCUT2D eigenvalue weighted by molar-refractivity contribution is 8.00. The molecule has 3 aromatic carbocycles. The third kappa shape index (κ3) is 5.31. The lowest BCUT2D eigenvalue weighted by Crippen LogP contribution is -2.22. The standard InChI is InChI=1S/C27H26N4O2S/c1-19(34-27-30-29-25(21-12-13-21)31(27)23-10-6-3-7-11-23)26(32)28-22-14-16-24(17-15-22)33-18-20-8-4-2-5-9-20/h2-11,14-17,19,21H,12-13,18H2,1H3,(H,28,32). The molecule has 1 aliphatic carbocycles. The second-order valence-electron chi connectivity index (χ2n) is 8.33. The lowest BCUT2D eigenvalue weighted by atomic mass is 10.2. The monoisotopic (exact) mass is 470 g/mol. The average molecular weight is 471 g/mol. The van der Waals surface area contributed by atoms with Gasteiger partial charge in [0, 0.05) is 17.3 Å². The molecule has 0 saturated heterocycles. The molecular formula is C27H26N4O2S. The summed E-state index contributed by atoms with van der Waals surface area (Å²) in [7, 11) is 0. The Morgan fingerprint density at radius 1 is 1.00 bits per heavy atom. The van der Waals surface area contributed by atoms with Gasteiger partial charge in [-0.15, -0.1) is 10.2 Å². The predicted molar refractivity (Wildman–Crippen MR) is 134 cm³/mol. The van der Waals surface area contributed by atoms with E-state index >= 15 is 0 Å². The van der Waals surface area contributed by atoms with Crippen molar-refractivity contribution in [1.82, 2.24) is 14.8 Å². The van der Waals surface area contributed by atoms with Crippen LogP contribution in [0.25, 0.3) is 5.69 Å². The number of para-hydroxylation sites is 1. The number of hydrogen-bond acceptors (Lipinski definition) is 5. The largest absolute Gasteiger partial charge is 0.489 e. The second kappa shape index (κ2) is 10.1. The van der Waals surface area contributed by atoms with Gasteiger partial charge >= 0.3 is 0 Å². The number of nitrogens with one attached hydrogen (secondary N) is 1. The summed E-state index contributed by atoms with van der Waals surface area (Å²) in [6.45, 7) is 2.39. The van der Waals surface area contributed by atoms with Crippen molar-refractivity contribution in [2.75, 3.05) is 5.32 Å². The summed E-state index contributed by atoms with van der Waals surface area (Å²) in [6.07, 6.45) is 2.27. The number of benzene rings is 3. The fourth-order valence-electron chi connectivity index (χ4n) is 3.61. The topological polar surface area (TPSA) is 69.0 Å². The van der Waals surface area contributed by atoms with Crippen molar-refractivity contribution < 1.29 is 9.53 Å². The molecule has 0 radical (unpaired) electrons. The van der Waals surface area contributed by atoms with Crippen molar-refractivity contribution in [1.29, 1.82) is 0 Å². The van der Waals surface area contributed by atoms with E-state index in [2.05, 4.69) is 20.1 Å². The first-order valence-electron chi connectivity index (χ1n) is 11.4. The summed E-state index contributed by atoms with van der Waals surface area (Å²) in [5.41, 5.74) is 2.86. The maximum Gasteiger partial charge on any atom is 0.237 e. The molecule has 172 valence electrons. The quantitative estimate of drug-likeness (QED) is 0.311. The fourth-order valence-corrected chi connectivity index (χ4v) is 4.49. The van der Waals surface area contributed by atoms with E-state index in [0.717, 1.165) is 46.5 Å². The van der Waals surface area contributed by atoms with Gasteiger partial charge in [0.2, 0.25) is 5.91 Å². The zero-order valence-electron chi connectivity index (χ0n) is 18.9. The summed E-state index contributed by atoms with van der Waals surface area (Å²) in [5, 5.41) is 12.3. The van der Waals surface area contributed by atoms with Crippen molar-refractivity contribution in [3.8, 4) is 11.4 Å². The van der Waals surface area contributed by atoms with Crippen LogP contribution in [0, 0.1) is 0 Å². The summed E-state index contributed by atoms with van der Waals surface area (Å²) >= 11 is 1.42. The number of carbonyl (C=O) groups is 1. The van der Waals surface area contributed by atoms with Gasteiger partial charge in [-0.3, -0.25) is 9.36 Å². The predicted octanol–water partition coefficient (Wildman–Crippen LogP) is 5.84. The molecule has 6 nitrogen and oxygen atoms in total. The molecule has 5 rings (SSSR count). The Labute approximate surface area is 203 Å². The number of amides is 1. The fraction of sp³-hybridized carbons (Fsp3) is 0.222. The van der Waals surface area contributed by atoms with Crippen LogP contribution < -0.4 is 10.1 Å². The van der Waals surface area contributed by atoms with Crippen LogP contribution in [-0.2, 0) is 11.4 Å². The molecule has 0 bridgehead atoms. The first kappa shape index (κ1) is 22.2. The zero-order chi connectivity index (χ0) is 23.3. The Bertz CT molecular complexity index is 1240. The van der Waals surface area contributed by atoms with Gasteiger partial charge in [-0.25, -0.2) is 0 Å². The molecule has 1 heterocycles. The number of hydrogen-bond donors (Lipinski definition) is 1. The van der Waals surface area contributed by atoms with Crippen LogP contribution in [0.4, 0.5) is 5.69 Å². The van der Waals surface area contributed by atoms with Crippen molar-refractivity contribution in [3.63, 3.8) is 0 Å². The maximum absolute atomic E-state index is 12.9. The molecule has 0 aliphatic heterocycles. The van der Waals surface area contributed by atoms with Crippen LogP contribution in [0.3, 0.4) is 0 Å². The van der Waals surface area contributed by atoms with E-state index in [-0.39, 0.29) is 11.2 Å². The molecule has 1 amide bonds. The van der Waals surface area contributed by atoms with Crippen molar-refractivity contribution >= 4 is 23.4 Å². The molecule has 4 aromatic rings. The third-order valence-corrected chi connectivity index (χ3v) is 6.68. The van der Waals surface area contributed by atoms with Crippen molar-refractivity contribution in [2.24, 2.45) is 0 Å². The average Bonchev–Trinajstić information content (AvgIpc) is 3.64. The molecule has 1 N–H and O–H groups in total. The molecule has 7 heteroatoms. The second-order valence-corrected chi connectivity index (χ2v) is 9.64. The van der Waals surface area contributed by atoms with E-state index in [0.29, 0.717) is 12.5 Å². The van der Waals surface area contributed by atoms with Crippen LogP contribution in [0.1, 0.15) is 37.1 Å². The lowest BCUT2D eigenvalue weighted by molar-refractivity contribution is -0.115. The highest BCUT2D eigenvalue weighted by Crippen LogP contribution is 2.41. The Morgan fingerprint density at radius 3 is 2.35 bits per heavy atom. The van der Waals surface area contributed by atoms with E-state index < -0.39 is 0 Å². The van der Waals surface area contributed by atoms with E-state index in [1.54, 1.807) is 0 Å². The Hall–Kier alpha value is -3.58. The van der Waals surface area contributed by atoms with Gasteiger partial charge in [0.25, 0.3) is 0 Å². The Kier molecular flexibility index (Phi) is 6.62. The zero-order valence-corrected chi connectivity index (χ0v) is 19.7. The minimum Gasteiger partial charge on any atom is -0.489 e. The minimum atomic E-state index is -0.340. The van der Waals surface area contributed by atoms with E-state index in [1.807, 2.05) is 91.9 Å². The molecule has 34 heavy (non-hydrogen) atoms. The first-order valence-corrected chi connectivity index (χ1v) is 12.3. The molecule has 0 spiro atoms. The number of ether oxygens (including phenoxy) is 1. The van der Waals surface area contributed by atoms with Crippen LogP contribution in [0.5, 0.6) is 5.75 Å². The summed E-state index contributed by atoms with van der Waals surface area (Å²) < 4.78 is 7.91. The van der Waals surface area contributed by atoms with Gasteiger partial charge in [0.15, 0.2) is 5.16 Å². The highest BCUT2D eigenvalue weighted by atomic mass is 32.2. The van der Waals surface area contributed by atoms with Gasteiger partial charge in [-0.05, 0) is 61.7 Å². The summed E-state index contributed by atoms with van der Waals surface area (Å²) in [6, 6.07) is 27.6. The number of aromatic nitrogens is 3. The molecule has 1 fully saturated rings. The van der Waals surface area contributed by atoms with Crippen molar-refractivity contribution in [2.45, 2.75) is 42.7 Å². The number of nitrogens with zero attached hydrogens (tertiary/aromatic N) is 3. The highest BCUT2D eigenvalue weighted by Gasteiger charge is 2.31. The van der Waals surface area contributed by atoms with Gasteiger partial charge < -0.3 is 10.1 Å². The van der Waals surface area contributed by atoms with Gasteiger partial charge in [0.1, 0.15) is 18.2 Å². The van der Waals surface area contributed by atoms with Crippen LogP contribution >= 0.6 is 11.8 Å². The van der Waals surface area contributed by atoms with Crippen molar-refractivity contribution in [3.05, 3.63) is 96.3 Å². The lowest BCUT2D eigenvalue weighted by Gasteiger charge is -2.14. The molecular weight excluding hydrogens is 444 g/mol. The van der Waals surface area contributed by atoms with Gasteiger partial charge in [0.05, 0.1) is 5.25 Å². The van der Waals surface area contributed by atoms with Crippen LogP contribution in [0.15, 0.2) is 90.1 Å². The smallest absolute Gasteiger partial charge is 0.237 e. The molecule has 1 aliphatic rings. The molecule has 1 aromatic heterocycles. The van der Waals surface area contributed by atoms with E-state index in [9.17, 15) is 4.79 Å². The third-order valence-electron chi connectivity index (χ3n) is 5.64. The Balaban J connectivity index is 1.21. The number of rotatable bonds is 9. The summed E-state index contributed by atoms with van der Waals surface area (Å²) in [5.74, 6) is 2.10. The summed E-state index contributed by atoms with van der Waals surface area (Å²) in [4.78, 5) is 12.9. The van der Waals surface area contributed by atoms with Gasteiger partial charge in [-0.1, -0.05) is 60.3 Å². The number of anilines is 1. The molecule has 1 saturated carbocycles. The Morgan fingerprint density at radius 2 is 1.68 bits per heavy atom. The van der Waals surface area contributed by atoms with Crippen LogP contribution in [0.2, 0.25) is 0 Å². The normalized spacial score (nSPS) is 13.9. The number of thioether (sulfide) groups is 1. The maximum atomic E-state index is 12.9.